The van der Waals surface area contributed by atoms with Crippen molar-refractivity contribution in [2.75, 3.05) is 20.3 Å². The number of aromatic nitrogens is 1. The Bertz CT molecular complexity index is 2120. The van der Waals surface area contributed by atoms with Gasteiger partial charge in [-0.05, 0) is 56.7 Å². The highest BCUT2D eigenvalue weighted by molar-refractivity contribution is 7.07. The molecule has 47 heavy (non-hydrogen) atoms. The lowest BCUT2D eigenvalue weighted by molar-refractivity contribution is -0.394. The molecule has 0 N–H and O–H groups in total. The molecule has 242 valence electrons. The molecule has 3 aromatic carbocycles. The lowest BCUT2D eigenvalue weighted by Crippen LogP contribution is -2.40. The number of non-ortho nitro benzene ring substituents is 1. The predicted molar refractivity (Wildman–Crippen MR) is 171 cm³/mol. The number of hydrogen-bond donors (Lipinski definition) is 0. The largest absolute Gasteiger partial charge is 0.493 e. The van der Waals surface area contributed by atoms with Gasteiger partial charge in [-0.25, -0.2) is 9.79 Å². The van der Waals surface area contributed by atoms with Gasteiger partial charge >= 0.3 is 11.7 Å². The number of ether oxygens (including phenoxy) is 4. The van der Waals surface area contributed by atoms with Crippen molar-refractivity contribution >= 4 is 34.8 Å². The van der Waals surface area contributed by atoms with Crippen LogP contribution in [0.4, 0.5) is 11.4 Å². The van der Waals surface area contributed by atoms with E-state index in [1.165, 1.54) is 11.7 Å². The van der Waals surface area contributed by atoms with Crippen LogP contribution in [-0.4, -0.2) is 40.7 Å². The van der Waals surface area contributed by atoms with Crippen molar-refractivity contribution in [3.05, 3.63) is 123 Å². The first-order chi connectivity index (χ1) is 22.6. The molecule has 0 unspecified atom stereocenters. The number of nitro benzene ring substituents is 2. The van der Waals surface area contributed by atoms with Crippen LogP contribution in [0.5, 0.6) is 23.0 Å². The summed E-state index contributed by atoms with van der Waals surface area (Å²) in [5.74, 6) is 0.226. The summed E-state index contributed by atoms with van der Waals surface area (Å²) in [6.45, 7) is 5.65. The number of para-hydroxylation sites is 1. The first kappa shape index (κ1) is 32.6. The first-order valence-electron chi connectivity index (χ1n) is 14.3. The summed E-state index contributed by atoms with van der Waals surface area (Å²) in [6, 6.07) is 13.8. The third kappa shape index (κ3) is 6.46. The highest BCUT2D eigenvalue weighted by Gasteiger charge is 2.34. The number of nitro groups is 2. The number of benzene rings is 3. The average molecular weight is 661 g/mol. The van der Waals surface area contributed by atoms with Crippen LogP contribution in [0.1, 0.15) is 37.9 Å². The molecule has 1 aliphatic heterocycles. The zero-order valence-corrected chi connectivity index (χ0v) is 26.4. The number of carbonyl (C=O) groups excluding carboxylic acids is 1. The van der Waals surface area contributed by atoms with Crippen LogP contribution in [-0.2, 0) is 9.53 Å². The van der Waals surface area contributed by atoms with Crippen LogP contribution in [0.2, 0.25) is 0 Å². The maximum atomic E-state index is 14.1. The summed E-state index contributed by atoms with van der Waals surface area (Å²) in [5, 5.41) is 22.9. The van der Waals surface area contributed by atoms with E-state index in [-0.39, 0.29) is 28.2 Å². The van der Waals surface area contributed by atoms with Gasteiger partial charge in [0.2, 0.25) is 5.75 Å². The minimum Gasteiger partial charge on any atom is -0.493 e. The van der Waals surface area contributed by atoms with Gasteiger partial charge in [0.05, 0.1) is 58.1 Å². The average Bonchev–Trinajstić information content (AvgIpc) is 3.35. The van der Waals surface area contributed by atoms with Crippen LogP contribution < -0.4 is 29.1 Å². The van der Waals surface area contributed by atoms with Gasteiger partial charge in [0, 0.05) is 11.6 Å². The molecule has 14 nitrogen and oxygen atoms in total. The van der Waals surface area contributed by atoms with Crippen LogP contribution in [0.3, 0.4) is 0 Å². The molecule has 0 saturated carbocycles. The summed E-state index contributed by atoms with van der Waals surface area (Å²) >= 11 is 1.08. The summed E-state index contributed by atoms with van der Waals surface area (Å²) in [4.78, 5) is 53.7. The third-order valence-electron chi connectivity index (χ3n) is 7.10. The molecule has 1 aliphatic rings. The van der Waals surface area contributed by atoms with E-state index in [0.717, 1.165) is 29.5 Å². The first-order valence-corrected chi connectivity index (χ1v) is 15.1. The number of nitrogens with zero attached hydrogens (tertiary/aromatic N) is 4. The van der Waals surface area contributed by atoms with Crippen molar-refractivity contribution in [1.29, 1.82) is 0 Å². The number of methoxy groups -OCH3 is 1. The Morgan fingerprint density at radius 3 is 2.40 bits per heavy atom. The van der Waals surface area contributed by atoms with Gasteiger partial charge in [-0.15, -0.1) is 0 Å². The van der Waals surface area contributed by atoms with Crippen molar-refractivity contribution in [3.63, 3.8) is 0 Å². The fourth-order valence-electron chi connectivity index (χ4n) is 5.04. The van der Waals surface area contributed by atoms with Crippen molar-refractivity contribution in [2.45, 2.75) is 26.8 Å². The molecular weight excluding hydrogens is 632 g/mol. The molecule has 0 radical (unpaired) electrons. The van der Waals surface area contributed by atoms with E-state index >= 15 is 0 Å². The second kappa shape index (κ2) is 13.7. The number of fused-ring (bicyclic) bond motifs is 1. The predicted octanol–water partition coefficient (Wildman–Crippen LogP) is 4.81. The Kier molecular flexibility index (Phi) is 9.46. The third-order valence-corrected chi connectivity index (χ3v) is 8.08. The monoisotopic (exact) mass is 660 g/mol. The highest BCUT2D eigenvalue weighted by Crippen LogP contribution is 2.37. The molecular formula is C32H28N4O10S. The topological polar surface area (TPSA) is 175 Å². The van der Waals surface area contributed by atoms with Crippen LogP contribution in [0.15, 0.2) is 81.7 Å². The Morgan fingerprint density at radius 1 is 0.979 bits per heavy atom. The second-order valence-electron chi connectivity index (χ2n) is 9.95. The van der Waals surface area contributed by atoms with Gasteiger partial charge in [-0.1, -0.05) is 35.6 Å². The molecule has 0 aliphatic carbocycles. The maximum Gasteiger partial charge on any atom is 0.338 e. The van der Waals surface area contributed by atoms with Gasteiger partial charge in [-0.3, -0.25) is 29.6 Å². The van der Waals surface area contributed by atoms with E-state index in [1.54, 1.807) is 62.4 Å². The van der Waals surface area contributed by atoms with Crippen LogP contribution >= 0.6 is 11.3 Å². The molecule has 15 heteroatoms. The molecule has 0 saturated heterocycles. The van der Waals surface area contributed by atoms with Gasteiger partial charge in [0.25, 0.3) is 11.2 Å². The smallest absolute Gasteiger partial charge is 0.338 e. The minimum atomic E-state index is -0.910. The van der Waals surface area contributed by atoms with E-state index < -0.39 is 38.8 Å². The molecule has 1 aromatic heterocycles. The Labute approximate surface area is 270 Å². The molecule has 1 atom stereocenters. The summed E-state index contributed by atoms with van der Waals surface area (Å²) < 4.78 is 24.1. The lowest BCUT2D eigenvalue weighted by Gasteiger charge is -2.25. The van der Waals surface area contributed by atoms with E-state index in [0.29, 0.717) is 39.7 Å². The second-order valence-corrected chi connectivity index (χ2v) is 11.0. The van der Waals surface area contributed by atoms with E-state index in [9.17, 15) is 29.8 Å². The zero-order chi connectivity index (χ0) is 33.8. The molecule has 4 aromatic rings. The van der Waals surface area contributed by atoms with Crippen molar-refractivity contribution in [2.24, 2.45) is 4.99 Å². The summed E-state index contributed by atoms with van der Waals surface area (Å²) in [6.07, 6.45) is 1.55. The number of esters is 1. The molecule has 0 fully saturated rings. The number of allylic oxidation sites excluding steroid dienone is 1. The Hall–Kier alpha value is -5.83. The number of hydrogen-bond acceptors (Lipinski definition) is 12. The molecule has 0 spiro atoms. The Balaban J connectivity index is 1.66. The summed E-state index contributed by atoms with van der Waals surface area (Å²) in [7, 11) is 1.51. The van der Waals surface area contributed by atoms with Crippen LogP contribution in [0, 0.1) is 20.2 Å². The number of rotatable bonds is 11. The van der Waals surface area contributed by atoms with Crippen molar-refractivity contribution in [1.82, 2.24) is 4.57 Å². The molecule has 0 bridgehead atoms. The fraction of sp³-hybridized carbons (Fsp3) is 0.219. The highest BCUT2D eigenvalue weighted by atomic mass is 32.1. The lowest BCUT2D eigenvalue weighted by atomic mass is 9.95. The van der Waals surface area contributed by atoms with Crippen molar-refractivity contribution < 1.29 is 33.6 Å². The number of carbonyl (C=O) groups is 1. The van der Waals surface area contributed by atoms with E-state index in [4.69, 9.17) is 18.9 Å². The van der Waals surface area contributed by atoms with Gasteiger partial charge in [-0.2, -0.15) is 0 Å². The normalized spacial score (nSPS) is 14.2. The Morgan fingerprint density at radius 2 is 1.72 bits per heavy atom. The number of thiazole rings is 1. The molecule has 5 rings (SSSR count). The fourth-order valence-corrected chi connectivity index (χ4v) is 6.08. The van der Waals surface area contributed by atoms with Gasteiger partial charge < -0.3 is 18.9 Å². The van der Waals surface area contributed by atoms with E-state index in [1.807, 2.05) is 6.92 Å². The van der Waals surface area contributed by atoms with Gasteiger partial charge in [0.15, 0.2) is 16.3 Å². The quantitative estimate of drug-likeness (QED) is 0.123. The molecule has 2 heterocycles. The molecule has 0 amide bonds. The van der Waals surface area contributed by atoms with E-state index in [2.05, 4.69) is 4.99 Å². The van der Waals surface area contributed by atoms with Gasteiger partial charge in [0.1, 0.15) is 5.75 Å². The SMILES string of the molecule is CCOC(=O)C1=C(C)N=c2s/c(=C/c3ccccc3Oc3ccc([N+](=O)[O-])cc3[N+](=O)[O-])c(=O)n2[C@@H]1c1ccc(OC)c(OCC)c1. The van der Waals surface area contributed by atoms with Crippen molar-refractivity contribution in [3.8, 4) is 23.0 Å². The maximum absolute atomic E-state index is 14.1. The zero-order valence-electron chi connectivity index (χ0n) is 25.6. The van der Waals surface area contributed by atoms with Crippen LogP contribution in [0.25, 0.3) is 6.08 Å². The minimum absolute atomic E-state index is 0.114. The summed E-state index contributed by atoms with van der Waals surface area (Å²) in [5.41, 5.74) is 0.00614. The standard InChI is InChI=1S/C32H28N4O10S/c1-5-44-26-15-20(11-13-25(26)43-4)29-28(31(38)45-6-2)18(3)33-32-34(29)30(37)27(47-32)16-19-9-7-8-10-23(19)46-24-14-12-21(35(39)40)17-22(24)36(41)42/h7-17,29H,5-6H2,1-4H3/b27-16+/t29-/m1/s1.